The maximum absolute atomic E-state index is 2.41. The van der Waals surface area contributed by atoms with E-state index in [1.807, 2.05) is 0 Å². The lowest BCUT2D eigenvalue weighted by Gasteiger charge is -2.28. The summed E-state index contributed by atoms with van der Waals surface area (Å²) in [5.41, 5.74) is 11.8. The van der Waals surface area contributed by atoms with Crippen LogP contribution < -0.4 is 4.90 Å². The maximum atomic E-state index is 2.41. The van der Waals surface area contributed by atoms with Gasteiger partial charge in [0.05, 0.1) is 28.1 Å². The first-order valence-electron chi connectivity index (χ1n) is 17.9. The number of nitrogens with zero attached hydrogens (tertiary/aromatic N) is 2. The number of para-hydroxylation sites is 3. The van der Waals surface area contributed by atoms with Gasteiger partial charge in [0.1, 0.15) is 0 Å². The number of aromatic nitrogens is 1. The predicted molar refractivity (Wildman–Crippen MR) is 221 cm³/mol. The lowest BCUT2D eigenvalue weighted by atomic mass is 9.98. The van der Waals surface area contributed by atoms with Crippen molar-refractivity contribution in [1.82, 2.24) is 4.57 Å². The molecule has 0 aliphatic carbocycles. The molecule has 10 aromatic rings. The fourth-order valence-corrected chi connectivity index (χ4v) is 7.95. The van der Waals surface area contributed by atoms with Crippen LogP contribution in [0.2, 0.25) is 0 Å². The molecule has 0 spiro atoms. The lowest BCUT2D eigenvalue weighted by molar-refractivity contribution is 1.18. The molecule has 0 N–H and O–H groups in total. The third-order valence-corrected chi connectivity index (χ3v) is 10.4. The second kappa shape index (κ2) is 12.5. The Balaban J connectivity index is 1.04. The molecule has 0 atom stereocenters. The van der Waals surface area contributed by atoms with Gasteiger partial charge >= 0.3 is 0 Å². The molecule has 0 saturated heterocycles. The highest BCUT2D eigenvalue weighted by atomic mass is 15.1. The van der Waals surface area contributed by atoms with Gasteiger partial charge in [-0.1, -0.05) is 164 Å². The largest absolute Gasteiger partial charge is 0.309 e. The topological polar surface area (TPSA) is 8.17 Å². The Morgan fingerprint density at radius 3 is 1.31 bits per heavy atom. The fourth-order valence-electron chi connectivity index (χ4n) is 7.95. The van der Waals surface area contributed by atoms with Crippen LogP contribution in [0.3, 0.4) is 0 Å². The molecule has 10 rings (SSSR count). The molecular weight excluding hydrogens is 629 g/mol. The van der Waals surface area contributed by atoms with Gasteiger partial charge in [0.15, 0.2) is 0 Å². The third-order valence-electron chi connectivity index (χ3n) is 10.4. The molecule has 0 radical (unpaired) electrons. The number of fused-ring (bicyclic) bond motifs is 5. The number of hydrogen-bond acceptors (Lipinski definition) is 1. The number of hydrogen-bond donors (Lipinski definition) is 0. The third kappa shape index (κ3) is 4.96. The molecule has 0 aliphatic heterocycles. The van der Waals surface area contributed by atoms with E-state index < -0.39 is 0 Å². The summed E-state index contributed by atoms with van der Waals surface area (Å²) in [5, 5.41) is 7.43. The van der Waals surface area contributed by atoms with E-state index in [1.165, 1.54) is 71.3 Å². The zero-order valence-corrected chi connectivity index (χ0v) is 28.5. The minimum absolute atomic E-state index is 1.12. The van der Waals surface area contributed by atoms with Crippen LogP contribution in [0.25, 0.3) is 71.3 Å². The lowest BCUT2D eigenvalue weighted by Crippen LogP contribution is -2.11. The van der Waals surface area contributed by atoms with Crippen LogP contribution in [-0.2, 0) is 0 Å². The summed E-state index contributed by atoms with van der Waals surface area (Å²) in [4.78, 5) is 2.41. The fraction of sp³-hybridized carbons (Fsp3) is 0. The first kappa shape index (κ1) is 30.0. The van der Waals surface area contributed by atoms with Crippen molar-refractivity contribution in [2.75, 3.05) is 4.90 Å². The zero-order chi connectivity index (χ0) is 34.4. The van der Waals surface area contributed by atoms with E-state index in [0.717, 1.165) is 17.1 Å². The second-order valence-corrected chi connectivity index (χ2v) is 13.3. The van der Waals surface area contributed by atoms with Crippen molar-refractivity contribution in [3.8, 4) is 27.9 Å². The summed E-state index contributed by atoms with van der Waals surface area (Å²) in [6, 6.07) is 74.6. The van der Waals surface area contributed by atoms with E-state index in [-0.39, 0.29) is 0 Å². The van der Waals surface area contributed by atoms with Crippen LogP contribution in [0.5, 0.6) is 0 Å². The molecule has 0 bridgehead atoms. The summed E-state index contributed by atoms with van der Waals surface area (Å²) in [6.07, 6.45) is 0. The van der Waals surface area contributed by atoms with Crippen molar-refractivity contribution >= 4 is 60.4 Å². The Morgan fingerprint density at radius 1 is 0.308 bits per heavy atom. The quantitative estimate of drug-likeness (QED) is 0.172. The normalized spacial score (nSPS) is 11.5. The van der Waals surface area contributed by atoms with E-state index in [4.69, 9.17) is 0 Å². The SMILES string of the molecule is c1ccc(-n2c3ccccc3c3ccccc32)c(-c2ccc(-c3ccc(N(c4cccc5ccccc45)c4cccc5ccccc45)cc3)cc2)c1. The van der Waals surface area contributed by atoms with E-state index in [2.05, 4.69) is 216 Å². The molecule has 1 heterocycles. The minimum atomic E-state index is 1.12. The highest BCUT2D eigenvalue weighted by Crippen LogP contribution is 2.43. The van der Waals surface area contributed by atoms with Gasteiger partial charge in [-0.15, -0.1) is 0 Å². The Morgan fingerprint density at radius 2 is 0.731 bits per heavy atom. The van der Waals surface area contributed by atoms with Gasteiger partial charge in [-0.05, 0) is 69.9 Å². The van der Waals surface area contributed by atoms with E-state index in [1.54, 1.807) is 0 Å². The molecule has 0 saturated carbocycles. The molecule has 0 aliphatic rings. The molecule has 2 nitrogen and oxygen atoms in total. The molecule has 2 heteroatoms. The standard InChI is InChI=1S/C50H34N2/c1-3-17-41-37(13-1)15-11-25-46(41)51(47-26-12-16-38-14-2-4-18-42(38)47)40-33-31-36(32-34-40)35-27-29-39(30-28-35)43-19-5-8-22-48(43)52-49-23-9-6-20-44(49)45-21-7-10-24-50(45)52/h1-34H. The van der Waals surface area contributed by atoms with Crippen molar-refractivity contribution in [1.29, 1.82) is 0 Å². The van der Waals surface area contributed by atoms with Crippen molar-refractivity contribution in [3.05, 3.63) is 206 Å². The molecule has 9 aromatic carbocycles. The first-order chi connectivity index (χ1) is 25.8. The van der Waals surface area contributed by atoms with Crippen molar-refractivity contribution < 1.29 is 0 Å². The summed E-state index contributed by atoms with van der Waals surface area (Å²) in [7, 11) is 0. The van der Waals surface area contributed by atoms with Crippen LogP contribution in [0, 0.1) is 0 Å². The predicted octanol–water partition coefficient (Wildman–Crippen LogP) is 13.9. The molecule has 0 amide bonds. The molecule has 1 aromatic heterocycles. The molecule has 244 valence electrons. The summed E-state index contributed by atoms with van der Waals surface area (Å²) in [6.45, 7) is 0. The summed E-state index contributed by atoms with van der Waals surface area (Å²) < 4.78 is 2.41. The highest BCUT2D eigenvalue weighted by Gasteiger charge is 2.18. The average Bonchev–Trinajstić information content (AvgIpc) is 3.56. The van der Waals surface area contributed by atoms with Crippen LogP contribution in [-0.4, -0.2) is 4.57 Å². The average molecular weight is 663 g/mol. The van der Waals surface area contributed by atoms with Crippen molar-refractivity contribution in [2.24, 2.45) is 0 Å². The van der Waals surface area contributed by atoms with Crippen LogP contribution in [0.4, 0.5) is 17.1 Å². The van der Waals surface area contributed by atoms with Crippen LogP contribution in [0.1, 0.15) is 0 Å². The number of rotatable bonds is 6. The Kier molecular flexibility index (Phi) is 7.18. The van der Waals surface area contributed by atoms with Gasteiger partial charge in [-0.3, -0.25) is 0 Å². The van der Waals surface area contributed by atoms with Gasteiger partial charge in [-0.2, -0.15) is 0 Å². The van der Waals surface area contributed by atoms with Gasteiger partial charge < -0.3 is 9.47 Å². The van der Waals surface area contributed by atoms with Gasteiger partial charge in [-0.25, -0.2) is 0 Å². The van der Waals surface area contributed by atoms with E-state index >= 15 is 0 Å². The van der Waals surface area contributed by atoms with Gasteiger partial charge in [0, 0.05) is 32.8 Å². The highest BCUT2D eigenvalue weighted by molar-refractivity contribution is 6.10. The summed E-state index contributed by atoms with van der Waals surface area (Å²) >= 11 is 0. The van der Waals surface area contributed by atoms with Gasteiger partial charge in [0.2, 0.25) is 0 Å². The Hall–Kier alpha value is -6.90. The van der Waals surface area contributed by atoms with E-state index in [0.29, 0.717) is 0 Å². The number of anilines is 3. The van der Waals surface area contributed by atoms with Crippen LogP contribution >= 0.6 is 0 Å². The minimum Gasteiger partial charge on any atom is -0.309 e. The molecular formula is C50H34N2. The smallest absolute Gasteiger partial charge is 0.0541 e. The second-order valence-electron chi connectivity index (χ2n) is 13.3. The zero-order valence-electron chi connectivity index (χ0n) is 28.5. The Labute approximate surface area is 303 Å². The van der Waals surface area contributed by atoms with Crippen molar-refractivity contribution in [2.45, 2.75) is 0 Å². The van der Waals surface area contributed by atoms with Crippen LogP contribution in [0.15, 0.2) is 206 Å². The first-order valence-corrected chi connectivity index (χ1v) is 17.9. The van der Waals surface area contributed by atoms with Crippen molar-refractivity contribution in [3.63, 3.8) is 0 Å². The Bertz CT molecular complexity index is 2750. The molecule has 52 heavy (non-hydrogen) atoms. The molecule has 0 unspecified atom stereocenters. The monoisotopic (exact) mass is 662 g/mol. The molecule has 0 fully saturated rings. The maximum Gasteiger partial charge on any atom is 0.0541 e. The van der Waals surface area contributed by atoms with Gasteiger partial charge in [0.25, 0.3) is 0 Å². The summed E-state index contributed by atoms with van der Waals surface area (Å²) in [5.74, 6) is 0. The van der Waals surface area contributed by atoms with E-state index in [9.17, 15) is 0 Å². The number of benzene rings is 9.